The van der Waals surface area contributed by atoms with Gasteiger partial charge in [-0.25, -0.2) is 0 Å². The van der Waals surface area contributed by atoms with E-state index in [-0.39, 0.29) is 35.9 Å². The Morgan fingerprint density at radius 2 is 1.93 bits per heavy atom. The zero-order chi connectivity index (χ0) is 20.0. The van der Waals surface area contributed by atoms with Gasteiger partial charge in [-0.1, -0.05) is 62.9 Å². The SMILES string of the molecule is C[C@H](CCc1ccccc1)NC(=O)CN1C(=O)CS/C1=C\C(=O)C(C)(C)C. The molecule has 0 aliphatic carbocycles. The van der Waals surface area contributed by atoms with E-state index in [0.717, 1.165) is 12.8 Å². The number of hydrogen-bond acceptors (Lipinski definition) is 4. The Morgan fingerprint density at radius 1 is 1.26 bits per heavy atom. The molecule has 27 heavy (non-hydrogen) atoms. The minimum Gasteiger partial charge on any atom is -0.352 e. The molecule has 1 N–H and O–H groups in total. The number of aryl methyl sites for hydroxylation is 1. The number of rotatable bonds is 7. The number of benzene rings is 1. The van der Waals surface area contributed by atoms with Crippen LogP contribution in [0.4, 0.5) is 0 Å². The van der Waals surface area contributed by atoms with Crippen LogP contribution in [0.15, 0.2) is 41.4 Å². The van der Waals surface area contributed by atoms with Crippen LogP contribution < -0.4 is 5.32 Å². The Kier molecular flexibility index (Phi) is 7.25. The molecule has 1 aromatic carbocycles. The van der Waals surface area contributed by atoms with Gasteiger partial charge in [-0.2, -0.15) is 0 Å². The van der Waals surface area contributed by atoms with Crippen LogP contribution in [0.25, 0.3) is 0 Å². The fraction of sp³-hybridized carbons (Fsp3) is 0.476. The van der Waals surface area contributed by atoms with Crippen molar-refractivity contribution < 1.29 is 14.4 Å². The van der Waals surface area contributed by atoms with Crippen molar-refractivity contribution in [2.45, 2.75) is 46.6 Å². The van der Waals surface area contributed by atoms with Gasteiger partial charge in [0.05, 0.1) is 10.8 Å². The Morgan fingerprint density at radius 3 is 2.56 bits per heavy atom. The number of carbonyl (C=O) groups excluding carboxylic acids is 3. The van der Waals surface area contributed by atoms with Crippen molar-refractivity contribution in [3.8, 4) is 0 Å². The quantitative estimate of drug-likeness (QED) is 0.729. The monoisotopic (exact) mass is 388 g/mol. The van der Waals surface area contributed by atoms with Crippen molar-refractivity contribution >= 4 is 29.4 Å². The van der Waals surface area contributed by atoms with Crippen LogP contribution in [0.3, 0.4) is 0 Å². The topological polar surface area (TPSA) is 66.5 Å². The third-order valence-corrected chi connectivity index (χ3v) is 5.35. The number of allylic oxidation sites excluding steroid dienone is 1. The number of amides is 2. The largest absolute Gasteiger partial charge is 0.352 e. The summed E-state index contributed by atoms with van der Waals surface area (Å²) in [6.07, 6.45) is 3.19. The number of hydrogen-bond donors (Lipinski definition) is 1. The number of carbonyl (C=O) groups is 3. The van der Waals surface area contributed by atoms with Crippen LogP contribution in [-0.2, 0) is 20.8 Å². The Labute approximate surface area is 165 Å². The average Bonchev–Trinajstić information content (AvgIpc) is 2.93. The summed E-state index contributed by atoms with van der Waals surface area (Å²) in [6, 6.07) is 10.1. The summed E-state index contributed by atoms with van der Waals surface area (Å²) in [4.78, 5) is 38.1. The fourth-order valence-corrected chi connectivity index (χ4v) is 3.53. The van der Waals surface area contributed by atoms with Crippen molar-refractivity contribution in [1.29, 1.82) is 0 Å². The molecular formula is C21H28N2O3S. The molecular weight excluding hydrogens is 360 g/mol. The molecule has 2 rings (SSSR count). The molecule has 1 saturated heterocycles. The van der Waals surface area contributed by atoms with E-state index in [1.165, 1.54) is 28.3 Å². The Balaban J connectivity index is 1.89. The van der Waals surface area contributed by atoms with Gasteiger partial charge in [0.1, 0.15) is 6.54 Å². The smallest absolute Gasteiger partial charge is 0.240 e. The highest BCUT2D eigenvalue weighted by Crippen LogP contribution is 2.30. The van der Waals surface area contributed by atoms with Gasteiger partial charge in [0, 0.05) is 17.5 Å². The predicted molar refractivity (Wildman–Crippen MR) is 109 cm³/mol. The molecule has 1 atom stereocenters. The van der Waals surface area contributed by atoms with Gasteiger partial charge in [0.2, 0.25) is 11.8 Å². The molecule has 0 saturated carbocycles. The molecule has 0 bridgehead atoms. The lowest BCUT2D eigenvalue weighted by molar-refractivity contribution is -0.131. The maximum Gasteiger partial charge on any atom is 0.240 e. The van der Waals surface area contributed by atoms with E-state index in [1.807, 2.05) is 45.9 Å². The van der Waals surface area contributed by atoms with E-state index in [9.17, 15) is 14.4 Å². The summed E-state index contributed by atoms with van der Waals surface area (Å²) in [5.74, 6) is -0.137. The van der Waals surface area contributed by atoms with Gasteiger partial charge >= 0.3 is 0 Å². The highest BCUT2D eigenvalue weighted by atomic mass is 32.2. The van der Waals surface area contributed by atoms with Gasteiger partial charge < -0.3 is 5.32 Å². The van der Waals surface area contributed by atoms with Crippen molar-refractivity contribution in [1.82, 2.24) is 10.2 Å². The second-order valence-corrected chi connectivity index (χ2v) is 8.85. The minimum absolute atomic E-state index is 0.00620. The summed E-state index contributed by atoms with van der Waals surface area (Å²) < 4.78 is 0. The number of nitrogens with one attached hydrogen (secondary N) is 1. The normalized spacial score (nSPS) is 17.3. The number of thioether (sulfide) groups is 1. The van der Waals surface area contributed by atoms with Crippen molar-refractivity contribution in [3.05, 3.63) is 47.0 Å². The van der Waals surface area contributed by atoms with Crippen LogP contribution >= 0.6 is 11.8 Å². The van der Waals surface area contributed by atoms with Crippen LogP contribution in [0.1, 0.15) is 39.7 Å². The van der Waals surface area contributed by atoms with E-state index < -0.39 is 5.41 Å². The number of nitrogens with zero attached hydrogens (tertiary/aromatic N) is 1. The first-order valence-corrected chi connectivity index (χ1v) is 10.2. The summed E-state index contributed by atoms with van der Waals surface area (Å²) >= 11 is 1.31. The van der Waals surface area contributed by atoms with Gasteiger partial charge in [-0.15, -0.1) is 0 Å². The van der Waals surface area contributed by atoms with Gasteiger partial charge in [-0.3, -0.25) is 19.3 Å². The van der Waals surface area contributed by atoms with Crippen LogP contribution in [0.2, 0.25) is 0 Å². The maximum atomic E-state index is 12.4. The fourth-order valence-electron chi connectivity index (χ4n) is 2.59. The second kappa shape index (κ2) is 9.22. The molecule has 1 heterocycles. The summed E-state index contributed by atoms with van der Waals surface area (Å²) in [5.41, 5.74) is 0.717. The first kappa shape index (κ1) is 21.2. The molecule has 0 unspecified atom stereocenters. The van der Waals surface area contributed by atoms with E-state index in [0.29, 0.717) is 5.03 Å². The van der Waals surface area contributed by atoms with E-state index >= 15 is 0 Å². The third-order valence-electron chi connectivity index (χ3n) is 4.32. The van der Waals surface area contributed by atoms with E-state index in [1.54, 1.807) is 0 Å². The molecule has 1 fully saturated rings. The van der Waals surface area contributed by atoms with E-state index in [4.69, 9.17) is 0 Å². The van der Waals surface area contributed by atoms with Gasteiger partial charge in [0.15, 0.2) is 5.78 Å². The highest BCUT2D eigenvalue weighted by molar-refractivity contribution is 8.04. The first-order valence-electron chi connectivity index (χ1n) is 9.19. The van der Waals surface area contributed by atoms with Crippen LogP contribution in [0, 0.1) is 5.41 Å². The number of ketones is 1. The second-order valence-electron chi connectivity index (χ2n) is 7.86. The summed E-state index contributed by atoms with van der Waals surface area (Å²) in [7, 11) is 0. The Hall–Kier alpha value is -2.08. The molecule has 1 aliphatic rings. The first-order chi connectivity index (χ1) is 12.7. The summed E-state index contributed by atoms with van der Waals surface area (Å²) in [5, 5.41) is 3.51. The minimum atomic E-state index is -0.515. The zero-order valence-corrected chi connectivity index (χ0v) is 17.3. The van der Waals surface area contributed by atoms with Gasteiger partial charge in [0.25, 0.3) is 0 Å². The maximum absolute atomic E-state index is 12.4. The Bertz CT molecular complexity index is 723. The average molecular weight is 389 g/mol. The molecule has 1 aromatic rings. The third kappa shape index (κ3) is 6.54. The molecule has 146 valence electrons. The highest BCUT2D eigenvalue weighted by Gasteiger charge is 2.31. The lowest BCUT2D eigenvalue weighted by Crippen LogP contribution is -2.41. The van der Waals surface area contributed by atoms with Crippen molar-refractivity contribution in [2.75, 3.05) is 12.3 Å². The summed E-state index contributed by atoms with van der Waals surface area (Å²) in [6.45, 7) is 7.41. The lowest BCUT2D eigenvalue weighted by atomic mass is 9.91. The molecule has 0 radical (unpaired) electrons. The standard InChI is InChI=1S/C21H28N2O3S/c1-15(10-11-16-8-6-5-7-9-16)22-18(25)13-23-19(26)14-27-20(23)12-17(24)21(2,3)4/h5-9,12,15H,10-11,13-14H2,1-4H3,(H,22,25)/b20-12-/t15-/m1/s1. The molecule has 2 amide bonds. The van der Waals surface area contributed by atoms with Crippen molar-refractivity contribution in [2.24, 2.45) is 5.41 Å². The van der Waals surface area contributed by atoms with Crippen LogP contribution in [-0.4, -0.2) is 40.8 Å². The lowest BCUT2D eigenvalue weighted by Gasteiger charge is -2.20. The molecule has 6 heteroatoms. The van der Waals surface area contributed by atoms with Crippen LogP contribution in [0.5, 0.6) is 0 Å². The van der Waals surface area contributed by atoms with E-state index in [2.05, 4.69) is 17.4 Å². The van der Waals surface area contributed by atoms with Crippen molar-refractivity contribution in [3.63, 3.8) is 0 Å². The molecule has 0 aromatic heterocycles. The molecule has 0 spiro atoms. The predicted octanol–water partition coefficient (Wildman–Crippen LogP) is 3.16. The molecule has 1 aliphatic heterocycles. The molecule has 5 nitrogen and oxygen atoms in total. The zero-order valence-electron chi connectivity index (χ0n) is 16.5. The van der Waals surface area contributed by atoms with Gasteiger partial charge in [-0.05, 0) is 25.3 Å².